The number of alkyl carbamates (subject to hydrolysis) is 1. The molecule has 0 saturated carbocycles. The Morgan fingerprint density at radius 2 is 2.11 bits per heavy atom. The maximum Gasteiger partial charge on any atom is 0.407 e. The number of benzene rings is 1. The summed E-state index contributed by atoms with van der Waals surface area (Å²) in [6.45, 7) is 5.99. The summed E-state index contributed by atoms with van der Waals surface area (Å²) in [4.78, 5) is 14.7. The molecule has 1 heterocycles. The molecule has 2 aromatic rings. The summed E-state index contributed by atoms with van der Waals surface area (Å²) in [5.74, 6) is 0. The van der Waals surface area contributed by atoms with Crippen molar-refractivity contribution in [3.63, 3.8) is 0 Å². The molecule has 2 rings (SSSR count). The highest BCUT2D eigenvalue weighted by atomic mass is 16.6. The summed E-state index contributed by atoms with van der Waals surface area (Å²) in [5.41, 5.74) is 1.62. The SMILES string of the molecule is CC(C)(C)OC(=O)NCc1cccc2cc[nH]c12. The van der Waals surface area contributed by atoms with E-state index in [0.29, 0.717) is 6.54 Å². The van der Waals surface area contributed by atoms with E-state index in [0.717, 1.165) is 16.5 Å². The van der Waals surface area contributed by atoms with Crippen molar-refractivity contribution in [1.29, 1.82) is 0 Å². The third kappa shape index (κ3) is 3.03. The minimum atomic E-state index is -0.470. The highest BCUT2D eigenvalue weighted by molar-refractivity contribution is 5.82. The average molecular weight is 246 g/mol. The van der Waals surface area contributed by atoms with E-state index in [2.05, 4.69) is 10.3 Å². The first-order valence-corrected chi connectivity index (χ1v) is 5.97. The van der Waals surface area contributed by atoms with Gasteiger partial charge in [-0.25, -0.2) is 4.79 Å². The number of para-hydroxylation sites is 1. The van der Waals surface area contributed by atoms with Crippen LogP contribution in [0.5, 0.6) is 0 Å². The molecule has 4 heteroatoms. The second-order valence-electron chi connectivity index (χ2n) is 5.21. The Morgan fingerprint density at radius 1 is 1.33 bits per heavy atom. The van der Waals surface area contributed by atoms with Crippen molar-refractivity contribution >= 4 is 17.0 Å². The quantitative estimate of drug-likeness (QED) is 0.855. The Labute approximate surface area is 106 Å². The molecule has 0 unspecified atom stereocenters. The Bertz CT molecular complexity index is 552. The van der Waals surface area contributed by atoms with Gasteiger partial charge in [0.05, 0.1) is 5.52 Å². The summed E-state index contributed by atoms with van der Waals surface area (Å²) in [6, 6.07) is 7.99. The zero-order valence-electron chi connectivity index (χ0n) is 10.9. The second kappa shape index (κ2) is 4.72. The number of rotatable bonds is 2. The normalized spacial score (nSPS) is 11.5. The molecule has 0 radical (unpaired) electrons. The number of amides is 1. The second-order valence-corrected chi connectivity index (χ2v) is 5.21. The number of aromatic nitrogens is 1. The van der Waals surface area contributed by atoms with E-state index in [1.807, 2.05) is 51.2 Å². The molecule has 0 bridgehead atoms. The van der Waals surface area contributed by atoms with E-state index < -0.39 is 11.7 Å². The number of aromatic amines is 1. The van der Waals surface area contributed by atoms with Gasteiger partial charge in [-0.15, -0.1) is 0 Å². The number of hydrogen-bond donors (Lipinski definition) is 2. The van der Waals surface area contributed by atoms with Crippen LogP contribution in [0.25, 0.3) is 10.9 Å². The molecule has 0 fully saturated rings. The van der Waals surface area contributed by atoms with Crippen molar-refractivity contribution in [3.05, 3.63) is 36.0 Å². The fourth-order valence-corrected chi connectivity index (χ4v) is 1.78. The molecule has 1 amide bonds. The van der Waals surface area contributed by atoms with E-state index >= 15 is 0 Å². The van der Waals surface area contributed by atoms with Crippen molar-refractivity contribution in [3.8, 4) is 0 Å². The molecule has 18 heavy (non-hydrogen) atoms. The van der Waals surface area contributed by atoms with Crippen LogP contribution < -0.4 is 5.32 Å². The predicted molar refractivity (Wildman–Crippen MR) is 71.4 cm³/mol. The molecule has 1 aromatic heterocycles. The van der Waals surface area contributed by atoms with Crippen molar-refractivity contribution in [2.45, 2.75) is 32.9 Å². The molecule has 4 nitrogen and oxygen atoms in total. The van der Waals surface area contributed by atoms with Crippen LogP contribution in [0, 0.1) is 0 Å². The molecule has 0 saturated heterocycles. The Morgan fingerprint density at radius 3 is 2.83 bits per heavy atom. The molecule has 0 aliphatic carbocycles. The Kier molecular flexibility index (Phi) is 3.28. The summed E-state index contributed by atoms with van der Waals surface area (Å²) < 4.78 is 5.19. The first-order chi connectivity index (χ1) is 8.46. The van der Waals surface area contributed by atoms with Crippen LogP contribution in [0.1, 0.15) is 26.3 Å². The van der Waals surface area contributed by atoms with Crippen molar-refractivity contribution < 1.29 is 9.53 Å². The van der Waals surface area contributed by atoms with Gasteiger partial charge < -0.3 is 15.0 Å². The van der Waals surface area contributed by atoms with Crippen LogP contribution in [0.15, 0.2) is 30.5 Å². The van der Waals surface area contributed by atoms with E-state index in [1.165, 1.54) is 0 Å². The summed E-state index contributed by atoms with van der Waals surface area (Å²) in [6.07, 6.45) is 1.49. The third-order valence-electron chi connectivity index (χ3n) is 2.50. The molecule has 2 N–H and O–H groups in total. The number of nitrogens with one attached hydrogen (secondary N) is 2. The van der Waals surface area contributed by atoms with E-state index in [4.69, 9.17) is 4.74 Å². The van der Waals surface area contributed by atoms with Gasteiger partial charge in [-0.05, 0) is 37.8 Å². The van der Waals surface area contributed by atoms with Crippen molar-refractivity contribution in [1.82, 2.24) is 10.3 Å². The topological polar surface area (TPSA) is 54.1 Å². The van der Waals surface area contributed by atoms with Crippen LogP contribution >= 0.6 is 0 Å². The van der Waals surface area contributed by atoms with Gasteiger partial charge in [0.25, 0.3) is 0 Å². The van der Waals surface area contributed by atoms with E-state index in [-0.39, 0.29) is 0 Å². The monoisotopic (exact) mass is 246 g/mol. The fourth-order valence-electron chi connectivity index (χ4n) is 1.78. The lowest BCUT2D eigenvalue weighted by atomic mass is 10.1. The standard InChI is InChI=1S/C14H18N2O2/c1-14(2,3)18-13(17)16-9-11-6-4-5-10-7-8-15-12(10)11/h4-8,15H,9H2,1-3H3,(H,16,17). The third-order valence-corrected chi connectivity index (χ3v) is 2.50. The van der Waals surface area contributed by atoms with Gasteiger partial charge in [-0.1, -0.05) is 18.2 Å². The largest absolute Gasteiger partial charge is 0.444 e. The lowest BCUT2D eigenvalue weighted by Gasteiger charge is -2.19. The molecule has 1 aromatic carbocycles. The number of hydrogen-bond acceptors (Lipinski definition) is 2. The maximum absolute atomic E-state index is 11.6. The van der Waals surface area contributed by atoms with Gasteiger partial charge in [0.2, 0.25) is 0 Å². The van der Waals surface area contributed by atoms with Gasteiger partial charge in [0.1, 0.15) is 5.60 Å². The highest BCUT2D eigenvalue weighted by Gasteiger charge is 2.15. The van der Waals surface area contributed by atoms with Crippen molar-refractivity contribution in [2.75, 3.05) is 0 Å². The molecular weight excluding hydrogens is 228 g/mol. The zero-order chi connectivity index (χ0) is 13.2. The van der Waals surface area contributed by atoms with Crippen LogP contribution in [0.4, 0.5) is 4.79 Å². The average Bonchev–Trinajstić information content (AvgIpc) is 2.72. The summed E-state index contributed by atoms with van der Waals surface area (Å²) >= 11 is 0. The van der Waals surface area contributed by atoms with Crippen molar-refractivity contribution in [2.24, 2.45) is 0 Å². The number of carbonyl (C=O) groups is 1. The minimum Gasteiger partial charge on any atom is -0.444 e. The Balaban J connectivity index is 2.02. The molecule has 0 spiro atoms. The van der Waals surface area contributed by atoms with Crippen LogP contribution in [-0.4, -0.2) is 16.7 Å². The smallest absolute Gasteiger partial charge is 0.407 e. The fraction of sp³-hybridized carbons (Fsp3) is 0.357. The molecule has 96 valence electrons. The van der Waals surface area contributed by atoms with Crippen LogP contribution in [0.2, 0.25) is 0 Å². The first-order valence-electron chi connectivity index (χ1n) is 5.97. The van der Waals surface area contributed by atoms with Crippen LogP contribution in [-0.2, 0) is 11.3 Å². The summed E-state index contributed by atoms with van der Waals surface area (Å²) in [7, 11) is 0. The van der Waals surface area contributed by atoms with Gasteiger partial charge >= 0.3 is 6.09 Å². The number of ether oxygens (including phenoxy) is 1. The van der Waals surface area contributed by atoms with Gasteiger partial charge in [0, 0.05) is 12.7 Å². The Hall–Kier alpha value is -1.97. The lowest BCUT2D eigenvalue weighted by Crippen LogP contribution is -2.32. The van der Waals surface area contributed by atoms with Gasteiger partial charge in [0.15, 0.2) is 0 Å². The molecule has 0 atom stereocenters. The first kappa shape index (κ1) is 12.5. The number of H-pyrrole nitrogens is 1. The van der Waals surface area contributed by atoms with Crippen LogP contribution in [0.3, 0.4) is 0 Å². The zero-order valence-corrected chi connectivity index (χ0v) is 10.9. The van der Waals surface area contributed by atoms with E-state index in [1.54, 1.807) is 0 Å². The molecule has 0 aliphatic rings. The lowest BCUT2D eigenvalue weighted by molar-refractivity contribution is 0.0524. The highest BCUT2D eigenvalue weighted by Crippen LogP contribution is 2.16. The maximum atomic E-state index is 11.6. The predicted octanol–water partition coefficient (Wildman–Crippen LogP) is 3.19. The summed E-state index contributed by atoms with van der Waals surface area (Å²) in [5, 5.41) is 3.89. The van der Waals surface area contributed by atoms with E-state index in [9.17, 15) is 4.79 Å². The number of fused-ring (bicyclic) bond motifs is 1. The minimum absolute atomic E-state index is 0.397. The van der Waals surface area contributed by atoms with Gasteiger partial charge in [-0.3, -0.25) is 0 Å². The molecular formula is C14H18N2O2. The number of carbonyl (C=O) groups excluding carboxylic acids is 1. The van der Waals surface area contributed by atoms with Gasteiger partial charge in [-0.2, -0.15) is 0 Å². The molecule has 0 aliphatic heterocycles.